The van der Waals surface area contributed by atoms with Gasteiger partial charge in [-0.1, -0.05) is 42.5 Å². The quantitative estimate of drug-likeness (QED) is 0.509. The third kappa shape index (κ3) is 2.84. The molecule has 0 aliphatic carbocycles. The maximum Gasteiger partial charge on any atom is 0.189 e. The van der Waals surface area contributed by atoms with Crippen molar-refractivity contribution >= 4 is 34.3 Å². The fourth-order valence-corrected chi connectivity index (χ4v) is 1.67. The maximum atomic E-state index is 5.09. The van der Waals surface area contributed by atoms with Crippen LogP contribution in [0.1, 0.15) is 5.56 Å². The molecule has 0 aromatic heterocycles. The fourth-order valence-electron chi connectivity index (χ4n) is 1.62. The van der Waals surface area contributed by atoms with E-state index in [0.717, 1.165) is 5.56 Å². The Morgan fingerprint density at radius 1 is 1.17 bits per heavy atom. The summed E-state index contributed by atoms with van der Waals surface area (Å²) in [4.78, 5) is 1.80. The second-order valence-electron chi connectivity index (χ2n) is 4.14. The third-order valence-electron chi connectivity index (χ3n) is 2.59. The predicted octanol–water partition coefficient (Wildman–Crippen LogP) is 2.61. The summed E-state index contributed by atoms with van der Waals surface area (Å²) in [5.41, 5.74) is 3.89. The summed E-state index contributed by atoms with van der Waals surface area (Å²) in [6.07, 6.45) is 1.79. The van der Waals surface area contributed by atoms with Gasteiger partial charge in [-0.15, -0.1) is 0 Å². The molecule has 2 aromatic rings. The van der Waals surface area contributed by atoms with Gasteiger partial charge in [0.2, 0.25) is 0 Å². The topological polar surface area (TPSA) is 27.6 Å². The molecule has 0 amide bonds. The number of rotatable bonds is 2. The Morgan fingerprint density at radius 3 is 2.67 bits per heavy atom. The first-order valence-corrected chi connectivity index (χ1v) is 6.07. The molecule has 18 heavy (non-hydrogen) atoms. The molecule has 1 N–H and O–H groups in total. The van der Waals surface area contributed by atoms with E-state index in [1.165, 1.54) is 10.8 Å². The molecule has 0 aliphatic rings. The first kappa shape index (κ1) is 12.5. The second-order valence-corrected chi connectivity index (χ2v) is 4.52. The Hall–Kier alpha value is -1.94. The van der Waals surface area contributed by atoms with E-state index in [2.05, 4.69) is 28.7 Å². The highest BCUT2D eigenvalue weighted by atomic mass is 32.1. The number of hydrogen-bond donors (Lipinski definition) is 1. The van der Waals surface area contributed by atoms with Crippen LogP contribution in [-0.2, 0) is 0 Å². The van der Waals surface area contributed by atoms with Crippen molar-refractivity contribution in [3.63, 3.8) is 0 Å². The lowest BCUT2D eigenvalue weighted by Gasteiger charge is -2.11. The van der Waals surface area contributed by atoms with Gasteiger partial charge in [0, 0.05) is 19.7 Å². The smallest absolute Gasteiger partial charge is 0.189 e. The van der Waals surface area contributed by atoms with Crippen molar-refractivity contribution in [3.05, 3.63) is 48.0 Å². The number of benzene rings is 2. The lowest BCUT2D eigenvalue weighted by atomic mass is 10.1. The van der Waals surface area contributed by atoms with Crippen molar-refractivity contribution in [1.29, 1.82) is 0 Å². The average molecular weight is 257 g/mol. The van der Waals surface area contributed by atoms with Crippen LogP contribution in [0.25, 0.3) is 10.8 Å². The molecule has 3 nitrogen and oxygen atoms in total. The van der Waals surface area contributed by atoms with Gasteiger partial charge in [0.1, 0.15) is 0 Å². The van der Waals surface area contributed by atoms with Gasteiger partial charge in [0.05, 0.1) is 6.21 Å². The van der Waals surface area contributed by atoms with Crippen molar-refractivity contribution in [2.75, 3.05) is 14.1 Å². The van der Waals surface area contributed by atoms with Gasteiger partial charge in [0.25, 0.3) is 0 Å². The van der Waals surface area contributed by atoms with Gasteiger partial charge in [-0.2, -0.15) is 5.10 Å². The number of nitrogens with one attached hydrogen (secondary N) is 1. The Kier molecular flexibility index (Phi) is 3.89. The summed E-state index contributed by atoms with van der Waals surface area (Å²) < 4.78 is 0. The zero-order valence-electron chi connectivity index (χ0n) is 10.4. The van der Waals surface area contributed by atoms with Crippen LogP contribution < -0.4 is 5.43 Å². The minimum Gasteiger partial charge on any atom is -0.354 e. The Labute approximate surface area is 112 Å². The summed E-state index contributed by atoms with van der Waals surface area (Å²) in [5.74, 6) is 0. The summed E-state index contributed by atoms with van der Waals surface area (Å²) in [7, 11) is 3.76. The Bertz CT molecular complexity index is 585. The number of fused-ring (bicyclic) bond motifs is 1. The van der Waals surface area contributed by atoms with Crippen molar-refractivity contribution < 1.29 is 0 Å². The number of thiocarbonyl (C=S) groups is 1. The van der Waals surface area contributed by atoms with Crippen LogP contribution in [0.4, 0.5) is 0 Å². The summed E-state index contributed by atoms with van der Waals surface area (Å²) in [6.45, 7) is 0. The average Bonchev–Trinajstić information content (AvgIpc) is 2.38. The standard InChI is InChI=1S/C14H15N3S/c1-17(2)14(18)16-15-10-12-8-5-7-11-6-3-4-9-13(11)12/h3-10H,1-2H3,(H,16,18)/b15-10+. The van der Waals surface area contributed by atoms with Gasteiger partial charge in [0.15, 0.2) is 5.11 Å². The normalized spacial score (nSPS) is 10.8. The molecule has 0 bridgehead atoms. The molecule has 0 atom stereocenters. The minimum absolute atomic E-state index is 0.589. The highest BCUT2D eigenvalue weighted by Crippen LogP contribution is 2.16. The van der Waals surface area contributed by atoms with Crippen LogP contribution in [0.3, 0.4) is 0 Å². The van der Waals surface area contributed by atoms with E-state index >= 15 is 0 Å². The van der Waals surface area contributed by atoms with Gasteiger partial charge >= 0.3 is 0 Å². The zero-order chi connectivity index (χ0) is 13.0. The van der Waals surface area contributed by atoms with E-state index in [-0.39, 0.29) is 0 Å². The van der Waals surface area contributed by atoms with Gasteiger partial charge in [-0.3, -0.25) is 5.43 Å². The van der Waals surface area contributed by atoms with Crippen molar-refractivity contribution in [1.82, 2.24) is 10.3 Å². The molecule has 0 fully saturated rings. The second kappa shape index (κ2) is 5.60. The number of hydrazone groups is 1. The predicted molar refractivity (Wildman–Crippen MR) is 81.0 cm³/mol. The molecule has 0 spiro atoms. The molecule has 0 saturated carbocycles. The van der Waals surface area contributed by atoms with Crippen LogP contribution in [0, 0.1) is 0 Å². The number of hydrogen-bond acceptors (Lipinski definition) is 2. The summed E-state index contributed by atoms with van der Waals surface area (Å²) >= 11 is 5.09. The van der Waals surface area contributed by atoms with Gasteiger partial charge in [-0.25, -0.2) is 0 Å². The van der Waals surface area contributed by atoms with Gasteiger partial charge < -0.3 is 4.90 Å². The molecule has 92 valence electrons. The lowest BCUT2D eigenvalue weighted by molar-refractivity contribution is 0.606. The molecule has 0 unspecified atom stereocenters. The van der Waals surface area contributed by atoms with E-state index in [4.69, 9.17) is 12.2 Å². The van der Waals surface area contributed by atoms with Gasteiger partial charge in [-0.05, 0) is 23.0 Å². The lowest BCUT2D eigenvalue weighted by Crippen LogP contribution is -2.30. The van der Waals surface area contributed by atoms with Crippen LogP contribution in [0.2, 0.25) is 0 Å². The highest BCUT2D eigenvalue weighted by Gasteiger charge is 1.97. The summed E-state index contributed by atoms with van der Waals surface area (Å²) in [5, 5.41) is 7.13. The summed E-state index contributed by atoms with van der Waals surface area (Å²) in [6, 6.07) is 14.4. The largest absolute Gasteiger partial charge is 0.354 e. The third-order valence-corrected chi connectivity index (χ3v) is 3.05. The van der Waals surface area contributed by atoms with Crippen LogP contribution in [0.15, 0.2) is 47.6 Å². The molecule has 0 heterocycles. The van der Waals surface area contributed by atoms with E-state index in [0.29, 0.717) is 5.11 Å². The fraction of sp³-hybridized carbons (Fsp3) is 0.143. The monoisotopic (exact) mass is 257 g/mol. The van der Waals surface area contributed by atoms with Crippen molar-refractivity contribution in [2.24, 2.45) is 5.10 Å². The van der Waals surface area contributed by atoms with E-state index in [1.807, 2.05) is 38.4 Å². The molecule has 2 aromatic carbocycles. The zero-order valence-corrected chi connectivity index (χ0v) is 11.2. The van der Waals surface area contributed by atoms with Crippen LogP contribution in [-0.4, -0.2) is 30.3 Å². The first-order valence-electron chi connectivity index (χ1n) is 5.66. The molecule has 0 saturated heterocycles. The highest BCUT2D eigenvalue weighted by molar-refractivity contribution is 7.80. The molecular formula is C14H15N3S. The molecule has 4 heteroatoms. The molecule has 0 radical (unpaired) electrons. The SMILES string of the molecule is CN(C)C(=S)N/N=C/c1cccc2ccccc12. The van der Waals surface area contributed by atoms with E-state index in [1.54, 1.807) is 11.1 Å². The molecule has 2 rings (SSSR count). The first-order chi connectivity index (χ1) is 8.68. The molecular weight excluding hydrogens is 242 g/mol. The Morgan fingerprint density at radius 2 is 1.89 bits per heavy atom. The molecule has 0 aliphatic heterocycles. The Balaban J connectivity index is 2.22. The van der Waals surface area contributed by atoms with E-state index < -0.39 is 0 Å². The number of nitrogens with zero attached hydrogens (tertiary/aromatic N) is 2. The minimum atomic E-state index is 0.589. The van der Waals surface area contributed by atoms with Crippen molar-refractivity contribution in [2.45, 2.75) is 0 Å². The van der Waals surface area contributed by atoms with Crippen molar-refractivity contribution in [3.8, 4) is 0 Å². The van der Waals surface area contributed by atoms with E-state index in [9.17, 15) is 0 Å². The van der Waals surface area contributed by atoms with Crippen LogP contribution in [0.5, 0.6) is 0 Å². The van der Waals surface area contributed by atoms with Crippen LogP contribution >= 0.6 is 12.2 Å². The maximum absolute atomic E-state index is 5.09.